The van der Waals surface area contributed by atoms with Crippen LogP contribution in [0.5, 0.6) is 0 Å². The Hall–Kier alpha value is -0.640. The van der Waals surface area contributed by atoms with Crippen molar-refractivity contribution < 1.29 is 17.9 Å². The SMILES string of the molecule is FC(F)(F)[C@H]1CN(c2cc(I)ncn2)CCO1. The summed E-state index contributed by atoms with van der Waals surface area (Å²) in [6.45, 7) is 0.223. The average Bonchev–Trinajstić information content (AvgIpc) is 2.28. The van der Waals surface area contributed by atoms with Crippen molar-refractivity contribution in [3.8, 4) is 0 Å². The van der Waals surface area contributed by atoms with Crippen molar-refractivity contribution in [1.29, 1.82) is 0 Å². The summed E-state index contributed by atoms with van der Waals surface area (Å²) in [4.78, 5) is 9.43. The van der Waals surface area contributed by atoms with E-state index < -0.39 is 12.3 Å². The maximum Gasteiger partial charge on any atom is 0.416 e. The van der Waals surface area contributed by atoms with E-state index >= 15 is 0 Å². The smallest absolute Gasteiger partial charge is 0.365 e. The molecule has 0 bridgehead atoms. The van der Waals surface area contributed by atoms with Crippen LogP contribution in [0.3, 0.4) is 0 Å². The summed E-state index contributed by atoms with van der Waals surface area (Å²) in [7, 11) is 0. The van der Waals surface area contributed by atoms with E-state index in [9.17, 15) is 13.2 Å². The van der Waals surface area contributed by atoms with Gasteiger partial charge in [-0.15, -0.1) is 0 Å². The summed E-state index contributed by atoms with van der Waals surface area (Å²) < 4.78 is 43.0. The number of nitrogens with zero attached hydrogens (tertiary/aromatic N) is 3. The van der Waals surface area contributed by atoms with Gasteiger partial charge >= 0.3 is 6.18 Å². The zero-order chi connectivity index (χ0) is 12.5. The molecule has 0 aromatic carbocycles. The molecule has 1 aliphatic heterocycles. The predicted molar refractivity (Wildman–Crippen MR) is 62.8 cm³/mol. The minimum absolute atomic E-state index is 0.0464. The van der Waals surface area contributed by atoms with E-state index in [1.165, 1.54) is 6.33 Å². The molecule has 0 amide bonds. The first-order valence-corrected chi connectivity index (χ1v) is 5.95. The molecule has 1 aromatic heterocycles. The first kappa shape index (κ1) is 12.8. The molecule has 0 saturated carbocycles. The second kappa shape index (κ2) is 4.92. The van der Waals surface area contributed by atoms with Gasteiger partial charge in [0.15, 0.2) is 6.10 Å². The molecule has 1 atom stereocenters. The Morgan fingerprint density at radius 1 is 1.41 bits per heavy atom. The number of rotatable bonds is 1. The summed E-state index contributed by atoms with van der Waals surface area (Å²) in [6.07, 6.45) is -4.74. The molecule has 8 heteroatoms. The highest BCUT2D eigenvalue weighted by atomic mass is 127. The lowest BCUT2D eigenvalue weighted by Gasteiger charge is -2.34. The molecule has 0 spiro atoms. The Morgan fingerprint density at radius 2 is 2.18 bits per heavy atom. The molecule has 2 rings (SSSR count). The van der Waals surface area contributed by atoms with Crippen molar-refractivity contribution in [3.63, 3.8) is 0 Å². The molecule has 0 radical (unpaired) electrons. The largest absolute Gasteiger partial charge is 0.416 e. The third kappa shape index (κ3) is 3.18. The molecule has 0 aliphatic carbocycles. The Morgan fingerprint density at radius 3 is 2.82 bits per heavy atom. The molecule has 0 unspecified atom stereocenters. The fourth-order valence-corrected chi connectivity index (χ4v) is 1.96. The van der Waals surface area contributed by atoms with Crippen LogP contribution in [0.4, 0.5) is 19.0 Å². The number of hydrogen-bond acceptors (Lipinski definition) is 4. The second-order valence-corrected chi connectivity index (χ2v) is 4.65. The van der Waals surface area contributed by atoms with Crippen molar-refractivity contribution in [3.05, 3.63) is 16.1 Å². The van der Waals surface area contributed by atoms with E-state index in [0.717, 1.165) is 0 Å². The molecule has 4 nitrogen and oxygen atoms in total. The van der Waals surface area contributed by atoms with Gasteiger partial charge in [0.25, 0.3) is 0 Å². The minimum Gasteiger partial charge on any atom is -0.365 e. The Labute approximate surface area is 109 Å². The van der Waals surface area contributed by atoms with Crippen molar-refractivity contribution in [2.75, 3.05) is 24.6 Å². The lowest BCUT2D eigenvalue weighted by Crippen LogP contribution is -2.49. The van der Waals surface area contributed by atoms with E-state index in [0.29, 0.717) is 16.1 Å². The number of ether oxygens (including phenoxy) is 1. The third-order valence-corrected chi connectivity index (χ3v) is 2.96. The fraction of sp³-hybridized carbons (Fsp3) is 0.556. The molecule has 94 valence electrons. The summed E-state index contributed by atoms with van der Waals surface area (Å²) in [6, 6.07) is 1.65. The van der Waals surface area contributed by atoms with Crippen molar-refractivity contribution in [2.45, 2.75) is 12.3 Å². The summed E-state index contributed by atoms with van der Waals surface area (Å²) >= 11 is 1.99. The second-order valence-electron chi connectivity index (χ2n) is 3.55. The van der Waals surface area contributed by atoms with Gasteiger partial charge in [0.1, 0.15) is 15.8 Å². The van der Waals surface area contributed by atoms with Crippen molar-refractivity contribution >= 4 is 28.4 Å². The number of hydrogen-bond donors (Lipinski definition) is 0. The van der Waals surface area contributed by atoms with E-state index in [-0.39, 0.29) is 13.2 Å². The van der Waals surface area contributed by atoms with Gasteiger partial charge in [0.2, 0.25) is 0 Å². The van der Waals surface area contributed by atoms with Crippen LogP contribution in [-0.4, -0.2) is 41.9 Å². The van der Waals surface area contributed by atoms with Crippen LogP contribution in [0.2, 0.25) is 0 Å². The predicted octanol–water partition coefficient (Wildman–Crippen LogP) is 1.85. The monoisotopic (exact) mass is 359 g/mol. The minimum atomic E-state index is -4.33. The quantitative estimate of drug-likeness (QED) is 0.567. The van der Waals surface area contributed by atoms with Crippen molar-refractivity contribution in [1.82, 2.24) is 9.97 Å². The highest BCUT2D eigenvalue weighted by Crippen LogP contribution is 2.27. The molecule has 1 fully saturated rings. The molecule has 1 aromatic rings. The lowest BCUT2D eigenvalue weighted by molar-refractivity contribution is -0.221. The summed E-state index contributed by atoms with van der Waals surface area (Å²) in [5, 5.41) is 0. The Kier molecular flexibility index (Phi) is 3.71. The molecule has 17 heavy (non-hydrogen) atoms. The standard InChI is InChI=1S/C9H9F3IN3O/c10-9(11,12)6-4-16(1-2-17-6)8-3-7(13)14-5-15-8/h3,5-6H,1-2,4H2/t6-/m1/s1. The fourth-order valence-electron chi connectivity index (χ4n) is 1.55. The number of anilines is 1. The van der Waals surface area contributed by atoms with Crippen LogP contribution < -0.4 is 4.90 Å². The number of alkyl halides is 3. The molecule has 1 aliphatic rings. The zero-order valence-electron chi connectivity index (χ0n) is 8.62. The topological polar surface area (TPSA) is 38.2 Å². The molecule has 2 heterocycles. The van der Waals surface area contributed by atoms with Crippen molar-refractivity contribution in [2.24, 2.45) is 0 Å². The van der Waals surface area contributed by atoms with E-state index in [4.69, 9.17) is 4.74 Å². The third-order valence-electron chi connectivity index (χ3n) is 2.37. The van der Waals surface area contributed by atoms with E-state index in [1.807, 2.05) is 22.6 Å². The summed E-state index contributed by atoms with van der Waals surface area (Å²) in [5.74, 6) is 0.502. The van der Waals surface area contributed by atoms with E-state index in [1.54, 1.807) is 11.0 Å². The van der Waals surface area contributed by atoms with E-state index in [2.05, 4.69) is 9.97 Å². The van der Waals surface area contributed by atoms with Crippen LogP contribution in [-0.2, 0) is 4.74 Å². The van der Waals surface area contributed by atoms with Crippen LogP contribution in [0.1, 0.15) is 0 Å². The molecular formula is C9H9F3IN3O. The molecule has 0 N–H and O–H groups in total. The van der Waals surface area contributed by atoms with Crippen LogP contribution in [0, 0.1) is 3.70 Å². The first-order valence-electron chi connectivity index (χ1n) is 4.87. The Bertz CT molecular complexity index is 401. The van der Waals surface area contributed by atoms with Gasteiger partial charge in [-0.3, -0.25) is 0 Å². The number of aromatic nitrogens is 2. The normalized spacial score (nSPS) is 21.6. The van der Waals surface area contributed by atoms with Gasteiger partial charge in [0, 0.05) is 12.6 Å². The lowest BCUT2D eigenvalue weighted by atomic mass is 10.2. The van der Waals surface area contributed by atoms with Crippen LogP contribution in [0.15, 0.2) is 12.4 Å². The van der Waals surface area contributed by atoms with Gasteiger partial charge in [0.05, 0.1) is 13.2 Å². The van der Waals surface area contributed by atoms with Crippen LogP contribution in [0.25, 0.3) is 0 Å². The zero-order valence-corrected chi connectivity index (χ0v) is 10.8. The highest BCUT2D eigenvalue weighted by molar-refractivity contribution is 14.1. The highest BCUT2D eigenvalue weighted by Gasteiger charge is 2.43. The summed E-state index contributed by atoms with van der Waals surface area (Å²) in [5.41, 5.74) is 0. The van der Waals surface area contributed by atoms with Gasteiger partial charge in [-0.1, -0.05) is 0 Å². The van der Waals surface area contributed by atoms with Crippen LogP contribution >= 0.6 is 22.6 Å². The Balaban J connectivity index is 2.12. The van der Waals surface area contributed by atoms with Gasteiger partial charge in [-0.25, -0.2) is 9.97 Å². The first-order chi connectivity index (χ1) is 7.97. The molecular weight excluding hydrogens is 350 g/mol. The van der Waals surface area contributed by atoms with Gasteiger partial charge in [-0.05, 0) is 22.6 Å². The average molecular weight is 359 g/mol. The number of halogens is 4. The maximum atomic E-state index is 12.5. The molecule has 1 saturated heterocycles. The number of morpholine rings is 1. The van der Waals surface area contributed by atoms with Gasteiger partial charge in [-0.2, -0.15) is 13.2 Å². The van der Waals surface area contributed by atoms with Gasteiger partial charge < -0.3 is 9.64 Å². The maximum absolute atomic E-state index is 12.5.